The molecule has 0 saturated heterocycles. The van der Waals surface area contributed by atoms with Crippen molar-refractivity contribution in [2.24, 2.45) is 5.73 Å². The van der Waals surface area contributed by atoms with Crippen molar-refractivity contribution in [3.8, 4) is 16.9 Å². The Bertz CT molecular complexity index is 597. The molecule has 3 rings (SSSR count). The van der Waals surface area contributed by atoms with Gasteiger partial charge in [-0.25, -0.2) is 0 Å². The third-order valence-corrected chi connectivity index (χ3v) is 3.87. The third-order valence-electron chi connectivity index (χ3n) is 3.54. The number of hydrogen-bond acceptors (Lipinski definition) is 2. The number of rotatable bonds is 2. The number of aryl methyl sites for hydroxylation is 1. The molecule has 1 aliphatic heterocycles. The number of fused-ring (bicyclic) bond motifs is 1. The highest BCUT2D eigenvalue weighted by molar-refractivity contribution is 6.33. The van der Waals surface area contributed by atoms with E-state index in [1.54, 1.807) is 0 Å². The van der Waals surface area contributed by atoms with E-state index in [4.69, 9.17) is 22.1 Å². The van der Waals surface area contributed by atoms with Gasteiger partial charge >= 0.3 is 0 Å². The lowest BCUT2D eigenvalue weighted by molar-refractivity contribution is 0.182. The Morgan fingerprint density at radius 3 is 2.68 bits per heavy atom. The second-order valence-corrected chi connectivity index (χ2v) is 5.20. The molecule has 0 amide bonds. The summed E-state index contributed by atoms with van der Waals surface area (Å²) in [5.41, 5.74) is 9.04. The second-order valence-electron chi connectivity index (χ2n) is 4.79. The van der Waals surface area contributed by atoms with Gasteiger partial charge in [0.2, 0.25) is 0 Å². The molecule has 0 unspecified atom stereocenters. The van der Waals surface area contributed by atoms with Crippen LogP contribution in [0.25, 0.3) is 11.1 Å². The number of halogens is 1. The summed E-state index contributed by atoms with van der Waals surface area (Å²) < 4.78 is 6.04. The van der Waals surface area contributed by atoms with E-state index in [0.717, 1.165) is 34.7 Å². The zero-order chi connectivity index (χ0) is 13.2. The van der Waals surface area contributed by atoms with E-state index in [-0.39, 0.29) is 6.10 Å². The minimum atomic E-state index is 0.108. The lowest BCUT2D eigenvalue weighted by atomic mass is 9.95. The van der Waals surface area contributed by atoms with Gasteiger partial charge in [-0.15, -0.1) is 0 Å². The van der Waals surface area contributed by atoms with Crippen LogP contribution in [0.15, 0.2) is 42.5 Å². The average Bonchev–Trinajstić information content (AvgIpc) is 2.47. The van der Waals surface area contributed by atoms with Crippen molar-refractivity contribution in [3.05, 3.63) is 53.1 Å². The second kappa shape index (κ2) is 5.24. The molecule has 0 bridgehead atoms. The van der Waals surface area contributed by atoms with Crippen LogP contribution in [-0.2, 0) is 6.42 Å². The molecule has 0 spiro atoms. The molecular formula is C16H16ClNO. The largest absolute Gasteiger partial charge is 0.488 e. The number of benzene rings is 2. The van der Waals surface area contributed by atoms with Gasteiger partial charge in [-0.1, -0.05) is 48.0 Å². The molecule has 2 aromatic rings. The van der Waals surface area contributed by atoms with Gasteiger partial charge in [0.1, 0.15) is 11.9 Å². The fraction of sp³-hybridized carbons (Fsp3) is 0.250. The van der Waals surface area contributed by atoms with Crippen LogP contribution in [0.5, 0.6) is 5.75 Å². The summed E-state index contributed by atoms with van der Waals surface area (Å²) in [6, 6.07) is 14.1. The minimum Gasteiger partial charge on any atom is -0.488 e. The summed E-state index contributed by atoms with van der Waals surface area (Å²) in [5.74, 6) is 0.942. The first-order valence-corrected chi connectivity index (χ1v) is 6.91. The highest BCUT2D eigenvalue weighted by Crippen LogP contribution is 2.40. The van der Waals surface area contributed by atoms with Crippen molar-refractivity contribution in [2.75, 3.05) is 6.54 Å². The highest BCUT2D eigenvalue weighted by Gasteiger charge is 2.22. The van der Waals surface area contributed by atoms with Crippen molar-refractivity contribution < 1.29 is 4.74 Å². The fourth-order valence-electron chi connectivity index (χ4n) is 2.52. The van der Waals surface area contributed by atoms with Crippen LogP contribution < -0.4 is 10.5 Å². The molecule has 19 heavy (non-hydrogen) atoms. The summed E-state index contributed by atoms with van der Waals surface area (Å²) >= 11 is 6.29. The maximum absolute atomic E-state index is 6.29. The Kier molecular flexibility index (Phi) is 3.45. The van der Waals surface area contributed by atoms with E-state index < -0.39 is 0 Å². The molecular weight excluding hydrogens is 258 g/mol. The van der Waals surface area contributed by atoms with Gasteiger partial charge in [0.15, 0.2) is 0 Å². The smallest absolute Gasteiger partial charge is 0.130 e. The normalized spacial score (nSPS) is 17.7. The average molecular weight is 274 g/mol. The topological polar surface area (TPSA) is 35.2 Å². The van der Waals surface area contributed by atoms with Gasteiger partial charge in [0.25, 0.3) is 0 Å². The van der Waals surface area contributed by atoms with E-state index >= 15 is 0 Å². The predicted molar refractivity (Wildman–Crippen MR) is 78.7 cm³/mol. The summed E-state index contributed by atoms with van der Waals surface area (Å²) in [6.45, 7) is 0.552. The number of nitrogens with two attached hydrogens (primary N) is 1. The van der Waals surface area contributed by atoms with Gasteiger partial charge in [-0.3, -0.25) is 0 Å². The Morgan fingerprint density at radius 2 is 1.89 bits per heavy atom. The first-order valence-electron chi connectivity index (χ1n) is 6.53. The number of ether oxygens (including phenoxy) is 1. The zero-order valence-corrected chi connectivity index (χ0v) is 11.4. The SMILES string of the molecule is NC[C@@H]1CCc2cccc(-c3ccccc3Cl)c2O1. The van der Waals surface area contributed by atoms with Gasteiger partial charge < -0.3 is 10.5 Å². The van der Waals surface area contributed by atoms with Crippen molar-refractivity contribution in [3.63, 3.8) is 0 Å². The van der Waals surface area contributed by atoms with Gasteiger partial charge in [-0.05, 0) is 24.5 Å². The highest BCUT2D eigenvalue weighted by atomic mass is 35.5. The Morgan fingerprint density at radius 1 is 1.11 bits per heavy atom. The molecule has 0 fully saturated rings. The van der Waals surface area contributed by atoms with Crippen LogP contribution in [0.3, 0.4) is 0 Å². The van der Waals surface area contributed by atoms with Crippen molar-refractivity contribution in [1.82, 2.24) is 0 Å². The zero-order valence-electron chi connectivity index (χ0n) is 10.6. The fourth-order valence-corrected chi connectivity index (χ4v) is 2.76. The molecule has 1 aliphatic rings. The van der Waals surface area contributed by atoms with Crippen LogP contribution in [0, 0.1) is 0 Å². The predicted octanol–water partition coefficient (Wildman–Crippen LogP) is 3.66. The first kappa shape index (κ1) is 12.5. The monoisotopic (exact) mass is 273 g/mol. The molecule has 0 radical (unpaired) electrons. The van der Waals surface area contributed by atoms with Crippen LogP contribution in [0.2, 0.25) is 5.02 Å². The van der Waals surface area contributed by atoms with Gasteiger partial charge in [0.05, 0.1) is 0 Å². The summed E-state index contributed by atoms with van der Waals surface area (Å²) in [6.07, 6.45) is 2.10. The molecule has 0 saturated carbocycles. The van der Waals surface area contributed by atoms with E-state index in [1.807, 2.05) is 24.3 Å². The lowest BCUT2D eigenvalue weighted by Gasteiger charge is -2.27. The Hall–Kier alpha value is -1.51. The summed E-state index contributed by atoms with van der Waals surface area (Å²) in [7, 11) is 0. The Labute approximate surface area is 118 Å². The maximum atomic E-state index is 6.29. The molecule has 98 valence electrons. The van der Waals surface area contributed by atoms with E-state index in [2.05, 4.69) is 18.2 Å². The van der Waals surface area contributed by atoms with Gasteiger partial charge in [-0.2, -0.15) is 0 Å². The first-order chi connectivity index (χ1) is 9.29. The quantitative estimate of drug-likeness (QED) is 0.906. The van der Waals surface area contributed by atoms with E-state index in [0.29, 0.717) is 6.54 Å². The van der Waals surface area contributed by atoms with Crippen molar-refractivity contribution in [2.45, 2.75) is 18.9 Å². The van der Waals surface area contributed by atoms with Crippen LogP contribution in [0.4, 0.5) is 0 Å². The molecule has 2 aromatic carbocycles. The summed E-state index contributed by atoms with van der Waals surface area (Å²) in [5, 5.41) is 0.745. The minimum absolute atomic E-state index is 0.108. The van der Waals surface area contributed by atoms with E-state index in [1.165, 1.54) is 5.56 Å². The summed E-state index contributed by atoms with van der Waals surface area (Å²) in [4.78, 5) is 0. The number of para-hydroxylation sites is 1. The molecule has 3 heteroatoms. The van der Waals surface area contributed by atoms with E-state index in [9.17, 15) is 0 Å². The molecule has 2 nitrogen and oxygen atoms in total. The van der Waals surface area contributed by atoms with Crippen molar-refractivity contribution >= 4 is 11.6 Å². The third kappa shape index (κ3) is 2.34. The lowest BCUT2D eigenvalue weighted by Crippen LogP contribution is -2.30. The Balaban J connectivity index is 2.11. The van der Waals surface area contributed by atoms with Gasteiger partial charge in [0, 0.05) is 22.7 Å². The van der Waals surface area contributed by atoms with Crippen LogP contribution >= 0.6 is 11.6 Å². The van der Waals surface area contributed by atoms with Crippen LogP contribution in [0.1, 0.15) is 12.0 Å². The molecule has 1 atom stereocenters. The van der Waals surface area contributed by atoms with Crippen LogP contribution in [-0.4, -0.2) is 12.6 Å². The number of hydrogen-bond donors (Lipinski definition) is 1. The molecule has 1 heterocycles. The van der Waals surface area contributed by atoms with Crippen molar-refractivity contribution in [1.29, 1.82) is 0 Å². The maximum Gasteiger partial charge on any atom is 0.130 e. The standard InChI is InChI=1S/C16H16ClNO/c17-15-7-2-1-5-13(15)14-6-3-4-11-8-9-12(10-18)19-16(11)14/h1-7,12H,8-10,18H2/t12-/m0/s1. The molecule has 0 aromatic heterocycles. The molecule has 2 N–H and O–H groups in total. The molecule has 0 aliphatic carbocycles.